The third-order valence-electron chi connectivity index (χ3n) is 2.82. The molecule has 0 bridgehead atoms. The summed E-state index contributed by atoms with van der Waals surface area (Å²) in [6.07, 6.45) is 1.90. The van der Waals surface area contributed by atoms with Crippen molar-refractivity contribution in [2.75, 3.05) is 13.2 Å². The Morgan fingerprint density at radius 2 is 2.38 bits per heavy atom. The SMILES string of the molecule is CC(C)c1nnsc1C(=O)C1CCCOC1. The van der Waals surface area contributed by atoms with Crippen LogP contribution >= 0.6 is 11.5 Å². The van der Waals surface area contributed by atoms with Crippen LogP contribution in [-0.4, -0.2) is 28.6 Å². The van der Waals surface area contributed by atoms with Crippen molar-refractivity contribution >= 4 is 17.3 Å². The quantitative estimate of drug-likeness (QED) is 0.760. The molecule has 0 spiro atoms. The van der Waals surface area contributed by atoms with Crippen LogP contribution in [0.25, 0.3) is 0 Å². The Labute approximate surface area is 99.2 Å². The molecule has 2 heterocycles. The predicted molar refractivity (Wildman–Crippen MR) is 61.9 cm³/mol. The summed E-state index contributed by atoms with van der Waals surface area (Å²) in [5.41, 5.74) is 0.834. The summed E-state index contributed by atoms with van der Waals surface area (Å²) in [6, 6.07) is 0. The molecule has 5 heteroatoms. The number of Topliss-reactive ketones (excluding diaryl/α,β-unsaturated/α-hetero) is 1. The van der Waals surface area contributed by atoms with E-state index in [9.17, 15) is 4.79 Å². The average Bonchev–Trinajstić information content (AvgIpc) is 2.78. The Morgan fingerprint density at radius 3 is 3.00 bits per heavy atom. The van der Waals surface area contributed by atoms with E-state index >= 15 is 0 Å². The first-order chi connectivity index (χ1) is 7.70. The Balaban J connectivity index is 2.16. The van der Waals surface area contributed by atoms with Gasteiger partial charge in [0, 0.05) is 12.5 Å². The van der Waals surface area contributed by atoms with Crippen molar-refractivity contribution in [3.8, 4) is 0 Å². The topological polar surface area (TPSA) is 52.1 Å². The predicted octanol–water partition coefficient (Wildman–Crippen LogP) is 2.27. The second kappa shape index (κ2) is 5.01. The molecule has 1 unspecified atom stereocenters. The zero-order chi connectivity index (χ0) is 11.5. The third-order valence-corrected chi connectivity index (χ3v) is 3.57. The third kappa shape index (κ3) is 2.30. The molecule has 2 rings (SSSR count). The standard InChI is InChI=1S/C11H16N2O2S/c1-7(2)9-11(16-13-12-9)10(14)8-4-3-5-15-6-8/h7-8H,3-6H2,1-2H3. The van der Waals surface area contributed by atoms with Gasteiger partial charge in [-0.2, -0.15) is 0 Å². The molecule has 0 saturated carbocycles. The first-order valence-electron chi connectivity index (χ1n) is 5.64. The molecule has 0 radical (unpaired) electrons. The van der Waals surface area contributed by atoms with E-state index in [0.717, 1.165) is 30.0 Å². The Kier molecular flexibility index (Phi) is 3.66. The van der Waals surface area contributed by atoms with Gasteiger partial charge in [-0.25, -0.2) is 0 Å². The molecule has 1 aliphatic rings. The average molecular weight is 240 g/mol. The maximum absolute atomic E-state index is 12.2. The number of aromatic nitrogens is 2. The lowest BCUT2D eigenvalue weighted by Crippen LogP contribution is -2.25. The van der Waals surface area contributed by atoms with Gasteiger partial charge in [0.15, 0.2) is 5.78 Å². The second-order valence-electron chi connectivity index (χ2n) is 4.42. The normalized spacial score (nSPS) is 21.3. The Hall–Kier alpha value is -0.810. The van der Waals surface area contributed by atoms with E-state index in [0.29, 0.717) is 6.61 Å². The molecule has 1 saturated heterocycles. The van der Waals surface area contributed by atoms with E-state index in [1.807, 2.05) is 13.8 Å². The molecule has 1 aliphatic heterocycles. The molecule has 1 aromatic rings. The summed E-state index contributed by atoms with van der Waals surface area (Å²) in [6.45, 7) is 5.39. The van der Waals surface area contributed by atoms with Crippen LogP contribution in [0, 0.1) is 5.92 Å². The smallest absolute Gasteiger partial charge is 0.181 e. The van der Waals surface area contributed by atoms with Crippen LogP contribution in [0.5, 0.6) is 0 Å². The first-order valence-corrected chi connectivity index (χ1v) is 6.41. The van der Waals surface area contributed by atoms with E-state index in [-0.39, 0.29) is 17.6 Å². The highest BCUT2D eigenvalue weighted by molar-refractivity contribution is 7.08. The van der Waals surface area contributed by atoms with Crippen molar-refractivity contribution in [2.24, 2.45) is 5.92 Å². The second-order valence-corrected chi connectivity index (χ2v) is 5.17. The fraction of sp³-hybridized carbons (Fsp3) is 0.727. The first kappa shape index (κ1) is 11.7. The van der Waals surface area contributed by atoms with Crippen LogP contribution in [0.3, 0.4) is 0 Å². The highest BCUT2D eigenvalue weighted by atomic mass is 32.1. The number of hydrogen-bond donors (Lipinski definition) is 0. The number of hydrogen-bond acceptors (Lipinski definition) is 5. The molecule has 16 heavy (non-hydrogen) atoms. The molecule has 0 amide bonds. The number of ketones is 1. The summed E-state index contributed by atoms with van der Waals surface area (Å²) in [5, 5.41) is 4.04. The van der Waals surface area contributed by atoms with E-state index in [1.165, 1.54) is 11.5 Å². The lowest BCUT2D eigenvalue weighted by Gasteiger charge is -2.20. The summed E-state index contributed by atoms with van der Waals surface area (Å²) in [5.74, 6) is 0.425. The van der Waals surface area contributed by atoms with Gasteiger partial charge in [0.25, 0.3) is 0 Å². The van der Waals surface area contributed by atoms with Gasteiger partial charge in [0.05, 0.1) is 12.3 Å². The lowest BCUT2D eigenvalue weighted by atomic mass is 9.94. The number of rotatable bonds is 3. The summed E-state index contributed by atoms with van der Waals surface area (Å²) in [4.78, 5) is 13.0. The molecular weight excluding hydrogens is 224 g/mol. The van der Waals surface area contributed by atoms with Crippen molar-refractivity contribution in [1.29, 1.82) is 0 Å². The Bertz CT molecular complexity index is 370. The van der Waals surface area contributed by atoms with E-state index in [1.54, 1.807) is 0 Å². The summed E-state index contributed by atoms with van der Waals surface area (Å²) < 4.78 is 9.23. The molecular formula is C11H16N2O2S. The van der Waals surface area contributed by atoms with Crippen molar-refractivity contribution in [2.45, 2.75) is 32.6 Å². The van der Waals surface area contributed by atoms with Gasteiger partial charge >= 0.3 is 0 Å². The van der Waals surface area contributed by atoms with Crippen molar-refractivity contribution in [3.63, 3.8) is 0 Å². The summed E-state index contributed by atoms with van der Waals surface area (Å²) >= 11 is 1.21. The molecule has 0 aliphatic carbocycles. The van der Waals surface area contributed by atoms with Crippen LogP contribution in [0.15, 0.2) is 0 Å². The highest BCUT2D eigenvalue weighted by Crippen LogP contribution is 2.26. The number of ether oxygens (including phenoxy) is 1. The highest BCUT2D eigenvalue weighted by Gasteiger charge is 2.27. The number of nitrogens with zero attached hydrogens (tertiary/aromatic N) is 2. The minimum absolute atomic E-state index is 0.00787. The Morgan fingerprint density at radius 1 is 1.56 bits per heavy atom. The zero-order valence-electron chi connectivity index (χ0n) is 9.60. The molecule has 88 valence electrons. The van der Waals surface area contributed by atoms with Gasteiger partial charge in [-0.1, -0.05) is 18.3 Å². The molecule has 1 fully saturated rings. The van der Waals surface area contributed by atoms with Crippen molar-refractivity contribution < 1.29 is 9.53 Å². The van der Waals surface area contributed by atoms with E-state index < -0.39 is 0 Å². The minimum Gasteiger partial charge on any atom is -0.381 e. The van der Waals surface area contributed by atoms with Gasteiger partial charge in [0.1, 0.15) is 4.88 Å². The van der Waals surface area contributed by atoms with Gasteiger partial charge in [-0.15, -0.1) is 5.10 Å². The fourth-order valence-corrected chi connectivity index (χ4v) is 2.72. The van der Waals surface area contributed by atoms with Crippen LogP contribution in [-0.2, 0) is 4.74 Å². The maximum Gasteiger partial charge on any atom is 0.181 e. The van der Waals surface area contributed by atoms with Crippen molar-refractivity contribution in [1.82, 2.24) is 9.59 Å². The molecule has 4 nitrogen and oxygen atoms in total. The van der Waals surface area contributed by atoms with E-state index in [2.05, 4.69) is 9.59 Å². The molecule has 0 aromatic carbocycles. The number of carbonyl (C=O) groups excluding carboxylic acids is 1. The largest absolute Gasteiger partial charge is 0.381 e. The zero-order valence-corrected chi connectivity index (χ0v) is 10.4. The number of carbonyl (C=O) groups is 1. The fourth-order valence-electron chi connectivity index (χ4n) is 1.88. The minimum atomic E-state index is 0.00787. The summed E-state index contributed by atoms with van der Waals surface area (Å²) in [7, 11) is 0. The van der Waals surface area contributed by atoms with Crippen LogP contribution < -0.4 is 0 Å². The van der Waals surface area contributed by atoms with Crippen LogP contribution in [0.1, 0.15) is 48.0 Å². The maximum atomic E-state index is 12.2. The van der Waals surface area contributed by atoms with Gasteiger partial charge in [-0.05, 0) is 30.3 Å². The molecule has 1 atom stereocenters. The molecule has 0 N–H and O–H groups in total. The van der Waals surface area contributed by atoms with E-state index in [4.69, 9.17) is 4.74 Å². The van der Waals surface area contributed by atoms with Gasteiger partial charge in [0.2, 0.25) is 0 Å². The van der Waals surface area contributed by atoms with Gasteiger partial charge < -0.3 is 4.74 Å². The monoisotopic (exact) mass is 240 g/mol. The van der Waals surface area contributed by atoms with Crippen molar-refractivity contribution in [3.05, 3.63) is 10.6 Å². The van der Waals surface area contributed by atoms with Crippen LogP contribution in [0.4, 0.5) is 0 Å². The molecule has 1 aromatic heterocycles. The van der Waals surface area contributed by atoms with Gasteiger partial charge in [-0.3, -0.25) is 4.79 Å². The van der Waals surface area contributed by atoms with Crippen LogP contribution in [0.2, 0.25) is 0 Å². The lowest BCUT2D eigenvalue weighted by molar-refractivity contribution is 0.0463.